The third-order valence-electron chi connectivity index (χ3n) is 2.60. The minimum Gasteiger partial charge on any atom is -0.497 e. The molecule has 0 atom stereocenters. The first kappa shape index (κ1) is 14.4. The molecule has 2 aromatic rings. The predicted octanol–water partition coefficient (Wildman–Crippen LogP) is 4.65. The Morgan fingerprint density at radius 3 is 2.30 bits per heavy atom. The van der Waals surface area contributed by atoms with Gasteiger partial charge < -0.3 is 10.1 Å². The molecule has 0 amide bonds. The molecule has 0 aliphatic heterocycles. The van der Waals surface area contributed by atoms with Crippen LogP contribution in [0.1, 0.15) is 0 Å². The fourth-order valence-corrected chi connectivity index (χ4v) is 1.94. The number of benzene rings is 2. The number of rotatable bonds is 4. The van der Waals surface area contributed by atoms with E-state index in [1.165, 1.54) is 12.1 Å². The van der Waals surface area contributed by atoms with Crippen LogP contribution < -0.4 is 10.1 Å². The van der Waals surface area contributed by atoms with Gasteiger partial charge in [0, 0.05) is 11.8 Å². The molecule has 0 fully saturated rings. The maximum absolute atomic E-state index is 11.0. The van der Waals surface area contributed by atoms with Gasteiger partial charge in [0.25, 0.3) is 5.69 Å². The van der Waals surface area contributed by atoms with Gasteiger partial charge in [-0.2, -0.15) is 0 Å². The molecule has 0 spiro atoms. The highest BCUT2D eigenvalue weighted by Crippen LogP contribution is 2.35. The van der Waals surface area contributed by atoms with Gasteiger partial charge in [-0.05, 0) is 30.3 Å². The van der Waals surface area contributed by atoms with Crippen LogP contribution in [-0.2, 0) is 0 Å². The molecule has 0 saturated heterocycles. The number of nitro benzene ring substituents is 1. The first-order valence-corrected chi connectivity index (χ1v) is 6.31. The number of anilines is 2. The van der Waals surface area contributed by atoms with Crippen LogP contribution in [0.15, 0.2) is 36.4 Å². The highest BCUT2D eigenvalue weighted by molar-refractivity contribution is 6.42. The van der Waals surface area contributed by atoms with Crippen LogP contribution in [0.25, 0.3) is 0 Å². The van der Waals surface area contributed by atoms with Crippen molar-refractivity contribution in [2.75, 3.05) is 12.4 Å². The molecule has 2 rings (SSSR count). The molecular formula is C13H10Cl2N2O3. The van der Waals surface area contributed by atoms with Crippen LogP contribution in [0, 0.1) is 10.1 Å². The summed E-state index contributed by atoms with van der Waals surface area (Å²) in [6, 6.07) is 9.61. The zero-order valence-electron chi connectivity index (χ0n) is 10.4. The number of nitro groups is 1. The van der Waals surface area contributed by atoms with E-state index in [4.69, 9.17) is 27.9 Å². The number of halogens is 2. The summed E-state index contributed by atoms with van der Waals surface area (Å²) >= 11 is 11.7. The Labute approximate surface area is 125 Å². The fourth-order valence-electron chi connectivity index (χ4n) is 1.62. The summed E-state index contributed by atoms with van der Waals surface area (Å²) in [5.74, 6) is 0.694. The molecule has 0 radical (unpaired) electrons. The summed E-state index contributed by atoms with van der Waals surface area (Å²) in [5.41, 5.74) is 0.803. The minimum absolute atomic E-state index is 0.138. The molecule has 0 aromatic heterocycles. The Morgan fingerprint density at radius 1 is 1.15 bits per heavy atom. The van der Waals surface area contributed by atoms with Crippen molar-refractivity contribution in [3.63, 3.8) is 0 Å². The van der Waals surface area contributed by atoms with Gasteiger partial charge in [-0.25, -0.2) is 0 Å². The van der Waals surface area contributed by atoms with Gasteiger partial charge in [0.2, 0.25) is 0 Å². The molecule has 0 saturated carbocycles. The van der Waals surface area contributed by atoms with Crippen molar-refractivity contribution >= 4 is 40.3 Å². The first-order chi connectivity index (χ1) is 9.51. The summed E-state index contributed by atoms with van der Waals surface area (Å²) in [7, 11) is 1.56. The van der Waals surface area contributed by atoms with Crippen molar-refractivity contribution in [1.82, 2.24) is 0 Å². The highest BCUT2D eigenvalue weighted by atomic mass is 35.5. The second kappa shape index (κ2) is 5.98. The SMILES string of the molecule is COc1ccc(Nc2cc(Cl)c(Cl)cc2[N+](=O)[O-])cc1. The van der Waals surface area contributed by atoms with E-state index in [9.17, 15) is 10.1 Å². The molecule has 1 N–H and O–H groups in total. The number of hydrogen-bond acceptors (Lipinski definition) is 4. The number of nitrogens with zero attached hydrogens (tertiary/aromatic N) is 1. The lowest BCUT2D eigenvalue weighted by Crippen LogP contribution is -1.97. The molecule has 0 aliphatic carbocycles. The average molecular weight is 313 g/mol. The van der Waals surface area contributed by atoms with Crippen LogP contribution in [0.5, 0.6) is 5.75 Å². The average Bonchev–Trinajstić information content (AvgIpc) is 2.43. The van der Waals surface area contributed by atoms with E-state index >= 15 is 0 Å². The Hall–Kier alpha value is -1.98. The smallest absolute Gasteiger partial charge is 0.294 e. The monoisotopic (exact) mass is 312 g/mol. The van der Waals surface area contributed by atoms with Crippen molar-refractivity contribution in [3.8, 4) is 5.75 Å². The largest absolute Gasteiger partial charge is 0.497 e. The van der Waals surface area contributed by atoms with Crippen molar-refractivity contribution in [2.24, 2.45) is 0 Å². The van der Waals surface area contributed by atoms with Crippen LogP contribution in [0.2, 0.25) is 10.0 Å². The van der Waals surface area contributed by atoms with E-state index in [-0.39, 0.29) is 21.4 Å². The van der Waals surface area contributed by atoms with Gasteiger partial charge in [0.05, 0.1) is 22.1 Å². The van der Waals surface area contributed by atoms with Gasteiger partial charge in [-0.1, -0.05) is 23.2 Å². The van der Waals surface area contributed by atoms with Gasteiger partial charge in [-0.15, -0.1) is 0 Å². The lowest BCUT2D eigenvalue weighted by atomic mass is 10.2. The van der Waals surface area contributed by atoms with Gasteiger partial charge in [-0.3, -0.25) is 10.1 Å². The second-order valence-electron chi connectivity index (χ2n) is 3.89. The highest BCUT2D eigenvalue weighted by Gasteiger charge is 2.17. The molecular weight excluding hydrogens is 303 g/mol. The van der Waals surface area contributed by atoms with Gasteiger partial charge >= 0.3 is 0 Å². The summed E-state index contributed by atoms with van der Waals surface area (Å²) in [6.07, 6.45) is 0. The van der Waals surface area contributed by atoms with E-state index < -0.39 is 4.92 Å². The Kier molecular flexibility index (Phi) is 4.32. The molecule has 0 bridgehead atoms. The lowest BCUT2D eigenvalue weighted by Gasteiger charge is -2.09. The normalized spacial score (nSPS) is 10.2. The van der Waals surface area contributed by atoms with Crippen molar-refractivity contribution < 1.29 is 9.66 Å². The summed E-state index contributed by atoms with van der Waals surface area (Å²) < 4.78 is 5.04. The second-order valence-corrected chi connectivity index (χ2v) is 4.71. The molecule has 0 unspecified atom stereocenters. The maximum Gasteiger partial charge on any atom is 0.294 e. The zero-order chi connectivity index (χ0) is 14.7. The van der Waals surface area contributed by atoms with Crippen molar-refractivity contribution in [1.29, 1.82) is 0 Å². The Morgan fingerprint density at radius 2 is 1.75 bits per heavy atom. The number of hydrogen-bond donors (Lipinski definition) is 1. The standard InChI is InChI=1S/C13H10Cl2N2O3/c1-20-9-4-2-8(3-5-9)16-12-6-10(14)11(15)7-13(12)17(18)19/h2-7,16H,1H3. The molecule has 20 heavy (non-hydrogen) atoms. The van der Waals surface area contributed by atoms with Crippen LogP contribution in [0.3, 0.4) is 0 Å². The van der Waals surface area contributed by atoms with E-state index in [1.54, 1.807) is 31.4 Å². The summed E-state index contributed by atoms with van der Waals surface area (Å²) in [6.45, 7) is 0. The van der Waals surface area contributed by atoms with Crippen LogP contribution in [0.4, 0.5) is 17.1 Å². The number of methoxy groups -OCH3 is 1. The molecule has 0 aliphatic rings. The topological polar surface area (TPSA) is 64.4 Å². The van der Waals surface area contributed by atoms with Gasteiger partial charge in [0.1, 0.15) is 11.4 Å². The third-order valence-corrected chi connectivity index (χ3v) is 3.33. The maximum atomic E-state index is 11.0. The van der Waals surface area contributed by atoms with Gasteiger partial charge in [0.15, 0.2) is 0 Å². The van der Waals surface area contributed by atoms with Crippen LogP contribution >= 0.6 is 23.2 Å². The summed E-state index contributed by atoms with van der Waals surface area (Å²) in [4.78, 5) is 10.5. The quantitative estimate of drug-likeness (QED) is 0.659. The summed E-state index contributed by atoms with van der Waals surface area (Å²) in [5, 5.41) is 14.3. The molecule has 2 aromatic carbocycles. The minimum atomic E-state index is -0.520. The van der Waals surface area contributed by atoms with E-state index in [0.29, 0.717) is 11.4 Å². The predicted molar refractivity (Wildman–Crippen MR) is 79.4 cm³/mol. The van der Waals surface area contributed by atoms with Crippen molar-refractivity contribution in [2.45, 2.75) is 0 Å². The number of ether oxygens (including phenoxy) is 1. The Balaban J connectivity index is 2.36. The van der Waals surface area contributed by atoms with E-state index in [2.05, 4.69) is 5.32 Å². The lowest BCUT2D eigenvalue weighted by molar-refractivity contribution is -0.383. The zero-order valence-corrected chi connectivity index (χ0v) is 11.9. The van der Waals surface area contributed by atoms with E-state index in [0.717, 1.165) is 0 Å². The molecule has 104 valence electrons. The fraction of sp³-hybridized carbons (Fsp3) is 0.0769. The van der Waals surface area contributed by atoms with Crippen LogP contribution in [-0.4, -0.2) is 12.0 Å². The molecule has 0 heterocycles. The number of nitrogens with one attached hydrogen (secondary N) is 1. The molecule has 5 nitrogen and oxygen atoms in total. The van der Waals surface area contributed by atoms with E-state index in [1.807, 2.05) is 0 Å². The first-order valence-electron chi connectivity index (χ1n) is 5.56. The third kappa shape index (κ3) is 3.12. The van der Waals surface area contributed by atoms with Crippen molar-refractivity contribution in [3.05, 3.63) is 56.6 Å². The Bertz CT molecular complexity index is 645. The molecule has 7 heteroatoms.